The summed E-state index contributed by atoms with van der Waals surface area (Å²) in [7, 11) is 0. The lowest BCUT2D eigenvalue weighted by molar-refractivity contribution is -0.137. The van der Waals surface area contributed by atoms with Crippen LogP contribution >= 0.6 is 0 Å². The Morgan fingerprint density at radius 2 is 1.97 bits per heavy atom. The number of carbonyl (C=O) groups excluding carboxylic acids is 1. The summed E-state index contributed by atoms with van der Waals surface area (Å²) in [5.41, 5.74) is 3.48. The van der Waals surface area contributed by atoms with Crippen molar-refractivity contribution >= 4 is 5.97 Å². The fraction of sp³-hybridized carbons (Fsp3) is 0.515. The summed E-state index contributed by atoms with van der Waals surface area (Å²) >= 11 is 0. The number of nitriles is 1. The number of hydrogen-bond acceptors (Lipinski definition) is 4. The van der Waals surface area contributed by atoms with E-state index in [0.717, 1.165) is 76.4 Å². The monoisotopic (exact) mass is 501 g/mol. The maximum Gasteiger partial charge on any atom is 0.330 e. The van der Waals surface area contributed by atoms with Gasteiger partial charge in [-0.1, -0.05) is 82.5 Å². The Kier molecular flexibility index (Phi) is 11.3. The van der Waals surface area contributed by atoms with E-state index in [-0.39, 0.29) is 17.5 Å². The molecule has 198 valence electrons. The van der Waals surface area contributed by atoms with Gasteiger partial charge >= 0.3 is 5.97 Å². The van der Waals surface area contributed by atoms with E-state index in [1.807, 2.05) is 0 Å². The molecule has 37 heavy (non-hydrogen) atoms. The molecule has 1 aliphatic carbocycles. The van der Waals surface area contributed by atoms with E-state index in [1.165, 1.54) is 22.8 Å². The second-order valence-electron chi connectivity index (χ2n) is 10.5. The standard InChI is InChI=1S/C33H43NO3/c1-4-12-30(5-2)37-31-18-16-26(17-19-31)27-13-10-14-28(23-27)29-15-11-21-33(24-29,25-34)20-8-7-9-22-36-32(35)6-3/h6,10,13-14,16-19,23,29-30H,3-5,7-9,11-12,15,20-22,24H2,1-2H3. The first-order valence-corrected chi connectivity index (χ1v) is 14.1. The van der Waals surface area contributed by atoms with Gasteiger partial charge in [0.25, 0.3) is 0 Å². The van der Waals surface area contributed by atoms with Gasteiger partial charge in [-0.25, -0.2) is 4.79 Å². The van der Waals surface area contributed by atoms with E-state index in [1.54, 1.807) is 0 Å². The molecular formula is C33H43NO3. The number of benzene rings is 2. The van der Waals surface area contributed by atoms with Gasteiger partial charge in [-0.2, -0.15) is 5.26 Å². The van der Waals surface area contributed by atoms with Crippen LogP contribution in [0.3, 0.4) is 0 Å². The molecule has 1 fully saturated rings. The van der Waals surface area contributed by atoms with E-state index in [2.05, 4.69) is 75.0 Å². The highest BCUT2D eigenvalue weighted by Crippen LogP contribution is 2.47. The molecule has 2 aromatic carbocycles. The largest absolute Gasteiger partial charge is 0.490 e. The minimum Gasteiger partial charge on any atom is -0.490 e. The Morgan fingerprint density at radius 1 is 1.16 bits per heavy atom. The second kappa shape index (κ2) is 14.6. The number of rotatable bonds is 14. The third-order valence-electron chi connectivity index (χ3n) is 7.71. The first kappa shape index (κ1) is 28.5. The predicted molar refractivity (Wildman–Crippen MR) is 150 cm³/mol. The Bertz CT molecular complexity index is 1040. The van der Waals surface area contributed by atoms with Gasteiger partial charge < -0.3 is 9.47 Å². The molecule has 4 heteroatoms. The SMILES string of the molecule is C=CC(=O)OCCCCCC1(C#N)CCCC(c2cccc(-c3ccc(OC(CC)CCC)cc3)c2)C1. The Morgan fingerprint density at radius 3 is 2.68 bits per heavy atom. The molecular weight excluding hydrogens is 458 g/mol. The van der Waals surface area contributed by atoms with E-state index in [4.69, 9.17) is 9.47 Å². The highest BCUT2D eigenvalue weighted by Gasteiger charge is 2.36. The molecule has 0 bridgehead atoms. The Labute approximate surface area is 223 Å². The molecule has 0 N–H and O–H groups in total. The van der Waals surface area contributed by atoms with Crippen LogP contribution in [-0.2, 0) is 9.53 Å². The smallest absolute Gasteiger partial charge is 0.330 e. The van der Waals surface area contributed by atoms with Crippen LogP contribution in [0.25, 0.3) is 11.1 Å². The fourth-order valence-corrected chi connectivity index (χ4v) is 5.56. The van der Waals surface area contributed by atoms with E-state index < -0.39 is 0 Å². The van der Waals surface area contributed by atoms with Crippen LogP contribution in [0, 0.1) is 16.7 Å². The quantitative estimate of drug-likeness (QED) is 0.147. The fourth-order valence-electron chi connectivity index (χ4n) is 5.56. The summed E-state index contributed by atoms with van der Waals surface area (Å²) in [5, 5.41) is 10.1. The van der Waals surface area contributed by atoms with Gasteiger partial charge in [0, 0.05) is 6.08 Å². The third kappa shape index (κ3) is 8.49. The molecule has 4 nitrogen and oxygen atoms in total. The average Bonchev–Trinajstić information content (AvgIpc) is 2.95. The molecule has 2 aromatic rings. The van der Waals surface area contributed by atoms with Crippen molar-refractivity contribution in [2.75, 3.05) is 6.61 Å². The van der Waals surface area contributed by atoms with E-state index >= 15 is 0 Å². The maximum absolute atomic E-state index is 11.2. The van der Waals surface area contributed by atoms with Crippen LogP contribution in [0.15, 0.2) is 61.2 Å². The molecule has 0 saturated heterocycles. The minimum absolute atomic E-state index is 0.260. The number of unbranched alkanes of at least 4 members (excludes halogenated alkanes) is 2. The number of ether oxygens (including phenoxy) is 2. The molecule has 0 spiro atoms. The highest BCUT2D eigenvalue weighted by molar-refractivity contribution is 5.81. The average molecular weight is 502 g/mol. The molecule has 1 aliphatic rings. The van der Waals surface area contributed by atoms with Crippen molar-refractivity contribution in [1.29, 1.82) is 5.26 Å². The lowest BCUT2D eigenvalue weighted by Gasteiger charge is -2.36. The molecule has 1 saturated carbocycles. The third-order valence-corrected chi connectivity index (χ3v) is 7.71. The molecule has 0 heterocycles. The summed E-state index contributed by atoms with van der Waals surface area (Å²) < 4.78 is 11.2. The van der Waals surface area contributed by atoms with Crippen LogP contribution in [0.1, 0.15) is 96.0 Å². The summed E-state index contributed by atoms with van der Waals surface area (Å²) in [6.45, 7) is 8.21. The summed E-state index contributed by atoms with van der Waals surface area (Å²) in [6, 6.07) is 20.0. The van der Waals surface area contributed by atoms with Crippen molar-refractivity contribution in [2.24, 2.45) is 5.41 Å². The van der Waals surface area contributed by atoms with Crippen molar-refractivity contribution in [3.05, 3.63) is 66.7 Å². The van der Waals surface area contributed by atoms with Gasteiger partial charge in [0.15, 0.2) is 0 Å². The van der Waals surface area contributed by atoms with Crippen molar-refractivity contribution in [3.8, 4) is 22.9 Å². The molecule has 0 radical (unpaired) electrons. The molecule has 0 aliphatic heterocycles. The normalized spacial score (nSPS) is 20.0. The Hall–Kier alpha value is -3.06. The predicted octanol–water partition coefficient (Wildman–Crippen LogP) is 8.77. The first-order chi connectivity index (χ1) is 18.0. The van der Waals surface area contributed by atoms with E-state index in [0.29, 0.717) is 12.5 Å². The van der Waals surface area contributed by atoms with Crippen LogP contribution < -0.4 is 4.74 Å². The number of nitrogens with zero attached hydrogens (tertiary/aromatic N) is 1. The van der Waals surface area contributed by atoms with Crippen molar-refractivity contribution in [3.63, 3.8) is 0 Å². The maximum atomic E-state index is 11.2. The summed E-state index contributed by atoms with van der Waals surface area (Å²) in [5.74, 6) is 0.973. The van der Waals surface area contributed by atoms with Crippen LogP contribution in [0.4, 0.5) is 0 Å². The summed E-state index contributed by atoms with van der Waals surface area (Å²) in [4.78, 5) is 11.2. The van der Waals surface area contributed by atoms with E-state index in [9.17, 15) is 10.1 Å². The zero-order valence-electron chi connectivity index (χ0n) is 22.7. The molecule has 0 amide bonds. The van der Waals surface area contributed by atoms with Gasteiger partial charge in [0.2, 0.25) is 0 Å². The van der Waals surface area contributed by atoms with Crippen molar-refractivity contribution < 1.29 is 14.3 Å². The van der Waals surface area contributed by atoms with Gasteiger partial charge in [-0.3, -0.25) is 0 Å². The topological polar surface area (TPSA) is 59.3 Å². The number of carbonyl (C=O) groups is 1. The minimum atomic E-state index is -0.368. The number of esters is 1. The Balaban J connectivity index is 1.60. The zero-order chi connectivity index (χ0) is 26.5. The molecule has 3 atom stereocenters. The van der Waals surface area contributed by atoms with Crippen LogP contribution in [0.5, 0.6) is 5.75 Å². The lowest BCUT2D eigenvalue weighted by atomic mass is 9.66. The lowest BCUT2D eigenvalue weighted by Crippen LogP contribution is -2.26. The molecule has 3 rings (SSSR count). The molecule has 0 aromatic heterocycles. The first-order valence-electron chi connectivity index (χ1n) is 14.1. The highest BCUT2D eigenvalue weighted by atomic mass is 16.5. The second-order valence-corrected chi connectivity index (χ2v) is 10.5. The van der Waals surface area contributed by atoms with Gasteiger partial charge in [-0.05, 0) is 79.7 Å². The van der Waals surface area contributed by atoms with Crippen molar-refractivity contribution in [2.45, 2.75) is 96.5 Å². The van der Waals surface area contributed by atoms with Gasteiger partial charge in [-0.15, -0.1) is 0 Å². The molecule has 3 unspecified atom stereocenters. The van der Waals surface area contributed by atoms with Gasteiger partial charge in [0.05, 0.1) is 24.2 Å². The van der Waals surface area contributed by atoms with Crippen molar-refractivity contribution in [1.82, 2.24) is 0 Å². The zero-order valence-corrected chi connectivity index (χ0v) is 22.7. The number of hydrogen-bond donors (Lipinski definition) is 0. The summed E-state index contributed by atoms with van der Waals surface area (Å²) in [6.07, 6.45) is 12.5. The van der Waals surface area contributed by atoms with Crippen LogP contribution in [0.2, 0.25) is 0 Å². The van der Waals surface area contributed by atoms with Gasteiger partial charge in [0.1, 0.15) is 5.75 Å². The van der Waals surface area contributed by atoms with Crippen LogP contribution in [-0.4, -0.2) is 18.7 Å².